The molecule has 9 heteroatoms. The number of benzene rings is 1. The van der Waals surface area contributed by atoms with Crippen molar-refractivity contribution in [2.24, 2.45) is 0 Å². The number of nitrogens with one attached hydrogen (secondary N) is 2. The van der Waals surface area contributed by atoms with Crippen molar-refractivity contribution in [1.29, 1.82) is 0 Å². The Morgan fingerprint density at radius 2 is 1.73 bits per heavy atom. The molecule has 0 aliphatic carbocycles. The van der Waals surface area contributed by atoms with Crippen LogP contribution >= 0.6 is 0 Å². The Morgan fingerprint density at radius 1 is 1.00 bits per heavy atom. The van der Waals surface area contributed by atoms with E-state index in [-0.39, 0.29) is 23.2 Å². The summed E-state index contributed by atoms with van der Waals surface area (Å²) in [6.07, 6.45) is 5.34. The van der Waals surface area contributed by atoms with Crippen molar-refractivity contribution < 1.29 is 9.47 Å². The van der Waals surface area contributed by atoms with Crippen molar-refractivity contribution in [3.63, 3.8) is 0 Å². The van der Waals surface area contributed by atoms with Crippen molar-refractivity contribution in [3.05, 3.63) is 45.1 Å². The van der Waals surface area contributed by atoms with Crippen LogP contribution in [0.3, 0.4) is 0 Å². The van der Waals surface area contributed by atoms with Gasteiger partial charge in [-0.15, -0.1) is 5.10 Å². The molecule has 3 rings (SSSR count). The van der Waals surface area contributed by atoms with Crippen LogP contribution in [0.2, 0.25) is 0 Å². The molecule has 0 amide bonds. The second kappa shape index (κ2) is 13.0. The summed E-state index contributed by atoms with van der Waals surface area (Å²) in [6, 6.07) is 7.71. The van der Waals surface area contributed by atoms with Crippen molar-refractivity contribution in [2.75, 3.05) is 31.6 Å². The van der Waals surface area contributed by atoms with E-state index in [0.717, 1.165) is 56.6 Å². The van der Waals surface area contributed by atoms with Gasteiger partial charge >= 0.3 is 5.69 Å². The molecule has 0 bridgehead atoms. The SMILES string of the molecule is CCCCn1nc(NCCCCNCC2COc3ccccc3O2)c(=O)n(CCCC)c1=O. The number of aromatic nitrogens is 3. The summed E-state index contributed by atoms with van der Waals surface area (Å²) in [5.74, 6) is 1.85. The fraction of sp³-hybridized carbons (Fsp3) is 0.625. The van der Waals surface area contributed by atoms with Gasteiger partial charge in [0.15, 0.2) is 11.5 Å². The molecule has 33 heavy (non-hydrogen) atoms. The van der Waals surface area contributed by atoms with E-state index in [4.69, 9.17) is 9.47 Å². The van der Waals surface area contributed by atoms with E-state index in [9.17, 15) is 9.59 Å². The average molecular weight is 460 g/mol. The lowest BCUT2D eigenvalue weighted by atomic mass is 10.2. The fourth-order valence-electron chi connectivity index (χ4n) is 3.65. The van der Waals surface area contributed by atoms with Gasteiger partial charge in [0.1, 0.15) is 12.7 Å². The Hall–Kier alpha value is -2.81. The molecule has 0 saturated carbocycles. The third-order valence-corrected chi connectivity index (χ3v) is 5.59. The van der Waals surface area contributed by atoms with Gasteiger partial charge in [0, 0.05) is 26.2 Å². The number of rotatable bonds is 14. The lowest BCUT2D eigenvalue weighted by Crippen LogP contribution is -2.43. The third-order valence-electron chi connectivity index (χ3n) is 5.59. The fourth-order valence-corrected chi connectivity index (χ4v) is 3.65. The second-order valence-electron chi connectivity index (χ2n) is 8.35. The molecular formula is C24H37N5O4. The molecule has 1 unspecified atom stereocenters. The van der Waals surface area contributed by atoms with Gasteiger partial charge < -0.3 is 20.1 Å². The highest BCUT2D eigenvalue weighted by Crippen LogP contribution is 2.30. The summed E-state index contributed by atoms with van der Waals surface area (Å²) in [7, 11) is 0. The van der Waals surface area contributed by atoms with Crippen molar-refractivity contribution in [2.45, 2.75) is 71.6 Å². The van der Waals surface area contributed by atoms with Crippen LogP contribution in [0.15, 0.2) is 33.9 Å². The molecule has 1 atom stereocenters. The number of fused-ring (bicyclic) bond motifs is 1. The zero-order chi connectivity index (χ0) is 23.5. The van der Waals surface area contributed by atoms with Crippen molar-refractivity contribution in [1.82, 2.24) is 19.7 Å². The monoisotopic (exact) mass is 459 g/mol. The van der Waals surface area contributed by atoms with Gasteiger partial charge in [0.25, 0.3) is 5.56 Å². The quantitative estimate of drug-likeness (QED) is 0.419. The van der Waals surface area contributed by atoms with Crippen LogP contribution in [0, 0.1) is 0 Å². The Morgan fingerprint density at radius 3 is 2.52 bits per heavy atom. The highest BCUT2D eigenvalue weighted by molar-refractivity contribution is 5.40. The topological polar surface area (TPSA) is 99.4 Å². The largest absolute Gasteiger partial charge is 0.486 e. The number of aryl methyl sites for hydroxylation is 1. The molecule has 0 radical (unpaired) electrons. The Kier molecular flexibility index (Phi) is 9.80. The molecule has 1 aromatic carbocycles. The van der Waals surface area contributed by atoms with Crippen LogP contribution in [0.1, 0.15) is 52.4 Å². The maximum absolute atomic E-state index is 12.7. The summed E-state index contributed by atoms with van der Waals surface area (Å²) in [4.78, 5) is 25.3. The lowest BCUT2D eigenvalue weighted by molar-refractivity contribution is 0.0905. The van der Waals surface area contributed by atoms with Crippen LogP contribution in [0.5, 0.6) is 11.5 Å². The number of hydrogen-bond donors (Lipinski definition) is 2. The van der Waals surface area contributed by atoms with E-state index in [0.29, 0.717) is 32.8 Å². The number of nitrogens with zero attached hydrogens (tertiary/aromatic N) is 3. The Labute approximate surface area is 195 Å². The van der Waals surface area contributed by atoms with E-state index in [1.165, 1.54) is 9.25 Å². The normalized spacial score (nSPS) is 14.9. The molecular weight excluding hydrogens is 422 g/mol. The van der Waals surface area contributed by atoms with Gasteiger partial charge in [-0.25, -0.2) is 9.48 Å². The molecule has 0 saturated heterocycles. The third kappa shape index (κ3) is 7.08. The maximum atomic E-state index is 12.7. The standard InChI is InChI=1S/C24H37N5O4/c1-3-5-15-28-23(30)22(27-29(24(28)31)16-6-4-2)26-14-10-9-13-25-17-19-18-32-20-11-7-8-12-21(20)33-19/h7-8,11-12,19,25H,3-6,9-10,13-18H2,1-2H3,(H,26,27). The first-order valence-corrected chi connectivity index (χ1v) is 12.2. The van der Waals surface area contributed by atoms with Crippen LogP contribution in [-0.4, -0.2) is 46.7 Å². The highest BCUT2D eigenvalue weighted by Gasteiger charge is 2.19. The van der Waals surface area contributed by atoms with Gasteiger partial charge in [-0.3, -0.25) is 9.36 Å². The van der Waals surface area contributed by atoms with E-state index in [2.05, 4.69) is 22.7 Å². The van der Waals surface area contributed by atoms with Gasteiger partial charge in [0.2, 0.25) is 5.82 Å². The summed E-state index contributed by atoms with van der Waals surface area (Å²) in [6.45, 7) is 7.78. The Bertz CT molecular complexity index is 988. The molecule has 2 N–H and O–H groups in total. The van der Waals surface area contributed by atoms with E-state index >= 15 is 0 Å². The van der Waals surface area contributed by atoms with Gasteiger partial charge in [-0.2, -0.15) is 0 Å². The van der Waals surface area contributed by atoms with Crippen molar-refractivity contribution in [3.8, 4) is 11.5 Å². The first kappa shape index (κ1) is 24.8. The number of para-hydroxylation sites is 2. The highest BCUT2D eigenvalue weighted by atomic mass is 16.6. The minimum atomic E-state index is -0.325. The molecule has 182 valence electrons. The van der Waals surface area contributed by atoms with E-state index in [1.807, 2.05) is 31.2 Å². The van der Waals surface area contributed by atoms with Crippen LogP contribution in [-0.2, 0) is 13.1 Å². The zero-order valence-electron chi connectivity index (χ0n) is 19.8. The van der Waals surface area contributed by atoms with Gasteiger partial charge in [0.05, 0.1) is 0 Å². The average Bonchev–Trinajstić information content (AvgIpc) is 2.83. The first-order chi connectivity index (χ1) is 16.1. The first-order valence-electron chi connectivity index (χ1n) is 12.2. The molecule has 2 aromatic rings. The predicted molar refractivity (Wildman–Crippen MR) is 130 cm³/mol. The van der Waals surface area contributed by atoms with E-state index in [1.54, 1.807) is 0 Å². The molecule has 1 aromatic heterocycles. The number of unbranched alkanes of at least 4 members (excludes halogenated alkanes) is 3. The maximum Gasteiger partial charge on any atom is 0.347 e. The summed E-state index contributed by atoms with van der Waals surface area (Å²) < 4.78 is 14.4. The number of ether oxygens (including phenoxy) is 2. The lowest BCUT2D eigenvalue weighted by Gasteiger charge is -2.26. The molecule has 9 nitrogen and oxygen atoms in total. The second-order valence-corrected chi connectivity index (χ2v) is 8.35. The van der Waals surface area contributed by atoms with Gasteiger partial charge in [-0.05, 0) is 44.4 Å². The van der Waals surface area contributed by atoms with E-state index < -0.39 is 0 Å². The molecule has 0 spiro atoms. The minimum Gasteiger partial charge on any atom is -0.486 e. The molecule has 1 aliphatic heterocycles. The zero-order valence-corrected chi connectivity index (χ0v) is 19.8. The van der Waals surface area contributed by atoms with Crippen LogP contribution in [0.4, 0.5) is 5.82 Å². The van der Waals surface area contributed by atoms with Crippen LogP contribution in [0.25, 0.3) is 0 Å². The summed E-state index contributed by atoms with van der Waals surface area (Å²) >= 11 is 0. The summed E-state index contributed by atoms with van der Waals surface area (Å²) in [5.41, 5.74) is -0.637. The molecule has 0 fully saturated rings. The molecule has 2 heterocycles. The van der Waals surface area contributed by atoms with Crippen molar-refractivity contribution >= 4 is 5.82 Å². The summed E-state index contributed by atoms with van der Waals surface area (Å²) in [5, 5.41) is 10.9. The number of anilines is 1. The Balaban J connectivity index is 1.42. The van der Waals surface area contributed by atoms with Gasteiger partial charge in [-0.1, -0.05) is 38.8 Å². The smallest absolute Gasteiger partial charge is 0.347 e. The predicted octanol–water partition coefficient (Wildman–Crippen LogP) is 2.63. The number of hydrogen-bond acceptors (Lipinski definition) is 7. The molecule has 1 aliphatic rings. The van der Waals surface area contributed by atoms with Crippen LogP contribution < -0.4 is 31.4 Å². The minimum absolute atomic E-state index is 0.00650.